The van der Waals surface area contributed by atoms with Crippen molar-refractivity contribution in [2.75, 3.05) is 6.61 Å². The number of halogens is 17. The van der Waals surface area contributed by atoms with Gasteiger partial charge in [0.1, 0.15) is 5.75 Å². The minimum absolute atomic E-state index is 0.0799. The van der Waals surface area contributed by atoms with Gasteiger partial charge in [-0.05, 0) is 30.7 Å². The molecule has 0 N–H and O–H groups in total. The second-order valence-electron chi connectivity index (χ2n) is 9.60. The molecule has 3 heterocycles. The fraction of sp³-hybridized carbons (Fsp3) is 0.423. The molecule has 3 aromatic rings. The monoisotopic (exact) mass is 709 g/mol. The largest absolute Gasteiger partial charge is 0.493 e. The van der Waals surface area contributed by atoms with Gasteiger partial charge in [0.25, 0.3) is 0 Å². The van der Waals surface area contributed by atoms with E-state index in [4.69, 9.17) is 4.74 Å². The molecule has 0 saturated carbocycles. The van der Waals surface area contributed by atoms with E-state index >= 15 is 0 Å². The number of ether oxygens (including phenoxy) is 1. The lowest BCUT2D eigenvalue weighted by molar-refractivity contribution is -0.461. The molecule has 0 aliphatic heterocycles. The van der Waals surface area contributed by atoms with Crippen LogP contribution in [-0.2, 0) is 0 Å². The van der Waals surface area contributed by atoms with Crippen molar-refractivity contribution in [1.29, 1.82) is 0 Å². The first kappa shape index (κ1) is 37.5. The Morgan fingerprint density at radius 2 is 0.894 bits per heavy atom. The summed E-state index contributed by atoms with van der Waals surface area (Å²) in [6.07, 6.45) is -9.15. The minimum Gasteiger partial charge on any atom is -0.493 e. The molecule has 0 atom stereocenters. The zero-order valence-corrected chi connectivity index (χ0v) is 22.6. The third kappa shape index (κ3) is 6.35. The summed E-state index contributed by atoms with van der Waals surface area (Å²) in [4.78, 5) is 12.3. The Kier molecular flexibility index (Phi) is 9.78. The lowest BCUT2D eigenvalue weighted by Crippen LogP contribution is -2.74. The van der Waals surface area contributed by atoms with Crippen molar-refractivity contribution in [3.05, 3.63) is 60.9 Å². The molecular formula is C26H16F17N3O. The van der Waals surface area contributed by atoms with Gasteiger partial charge < -0.3 is 4.74 Å². The van der Waals surface area contributed by atoms with Gasteiger partial charge in [-0.2, -0.15) is 74.6 Å². The van der Waals surface area contributed by atoms with Gasteiger partial charge in [0.05, 0.1) is 29.4 Å². The van der Waals surface area contributed by atoms with Crippen molar-refractivity contribution in [2.45, 2.75) is 60.5 Å². The van der Waals surface area contributed by atoms with Crippen LogP contribution in [-0.4, -0.2) is 69.2 Å². The number of nitrogens with zero attached hydrogens (tertiary/aromatic N) is 3. The van der Waals surface area contributed by atoms with Crippen molar-refractivity contribution in [3.63, 3.8) is 0 Å². The lowest BCUT2D eigenvalue weighted by Gasteiger charge is -2.42. The quantitative estimate of drug-likeness (QED) is 0.131. The highest BCUT2D eigenvalue weighted by molar-refractivity contribution is 5.64. The van der Waals surface area contributed by atoms with Gasteiger partial charge in [0, 0.05) is 30.9 Å². The maximum atomic E-state index is 14.2. The molecule has 0 bridgehead atoms. The molecule has 0 fully saturated rings. The first-order chi connectivity index (χ1) is 21.3. The molecule has 260 valence electrons. The Labute approximate surface area is 251 Å². The molecule has 3 aromatic heterocycles. The van der Waals surface area contributed by atoms with Gasteiger partial charge in [-0.25, -0.2) is 4.98 Å². The van der Waals surface area contributed by atoms with Crippen LogP contribution in [0.4, 0.5) is 74.6 Å². The zero-order valence-electron chi connectivity index (χ0n) is 22.6. The number of pyridine rings is 3. The number of hydrogen-bond donors (Lipinski definition) is 0. The molecule has 0 spiro atoms. The second kappa shape index (κ2) is 12.3. The highest BCUT2D eigenvalue weighted by Gasteiger charge is 2.95. The molecule has 0 radical (unpaired) electrons. The molecule has 4 nitrogen and oxygen atoms in total. The first-order valence-electron chi connectivity index (χ1n) is 12.5. The normalized spacial score (nSPS) is 14.3. The van der Waals surface area contributed by atoms with Crippen molar-refractivity contribution in [1.82, 2.24) is 15.0 Å². The van der Waals surface area contributed by atoms with Gasteiger partial charge in [-0.1, -0.05) is 12.1 Å². The third-order valence-corrected chi connectivity index (χ3v) is 6.34. The average Bonchev–Trinajstić information content (AvgIpc) is 2.99. The molecule has 21 heteroatoms. The summed E-state index contributed by atoms with van der Waals surface area (Å²) in [6.45, 7) is -1.10. The van der Waals surface area contributed by atoms with Gasteiger partial charge >= 0.3 is 47.6 Å². The first-order valence-corrected chi connectivity index (χ1v) is 12.5. The Morgan fingerprint density at radius 1 is 0.489 bits per heavy atom. The van der Waals surface area contributed by atoms with Gasteiger partial charge in [-0.3, -0.25) is 9.97 Å². The van der Waals surface area contributed by atoms with Crippen LogP contribution < -0.4 is 4.74 Å². The van der Waals surface area contributed by atoms with Crippen LogP contribution in [0.2, 0.25) is 0 Å². The van der Waals surface area contributed by atoms with Gasteiger partial charge in [0.2, 0.25) is 0 Å². The molecule has 0 aromatic carbocycles. The van der Waals surface area contributed by atoms with Crippen LogP contribution in [0.3, 0.4) is 0 Å². The minimum atomic E-state index is -8.66. The zero-order chi connectivity index (χ0) is 35.9. The molecule has 47 heavy (non-hydrogen) atoms. The number of rotatable bonds is 13. The van der Waals surface area contributed by atoms with Crippen LogP contribution in [0.5, 0.6) is 5.75 Å². The van der Waals surface area contributed by atoms with E-state index in [0.717, 1.165) is 12.1 Å². The molecule has 3 rings (SSSR count). The third-order valence-electron chi connectivity index (χ3n) is 6.34. The van der Waals surface area contributed by atoms with Crippen LogP contribution in [0.1, 0.15) is 12.8 Å². The highest BCUT2D eigenvalue weighted by Crippen LogP contribution is 2.64. The maximum absolute atomic E-state index is 14.2. The van der Waals surface area contributed by atoms with E-state index in [0.29, 0.717) is 0 Å². The van der Waals surface area contributed by atoms with E-state index < -0.39 is 67.1 Å². The van der Waals surface area contributed by atoms with E-state index in [9.17, 15) is 74.6 Å². The van der Waals surface area contributed by atoms with Crippen LogP contribution in [0.15, 0.2) is 60.9 Å². The molecule has 0 unspecified atom stereocenters. The Morgan fingerprint density at radius 3 is 1.28 bits per heavy atom. The van der Waals surface area contributed by atoms with E-state index in [-0.39, 0.29) is 28.5 Å². The maximum Gasteiger partial charge on any atom is 0.460 e. The van der Waals surface area contributed by atoms with Gasteiger partial charge in [0.15, 0.2) is 0 Å². The van der Waals surface area contributed by atoms with Crippen molar-refractivity contribution >= 4 is 0 Å². The number of alkyl halides is 17. The standard InChI is InChI=1S/C26H16F17N3O/c27-19(28,20(29,30)21(31,32)22(33,34)23(35,36)24(37,38)25(39,40)26(41,42)43)8-5-11-47-14-12-17(15-6-1-3-9-44-15)46-18(13-14)16-7-2-4-10-45-16/h1-4,6-7,9-10,12-13H,5,8,11H2. The smallest absolute Gasteiger partial charge is 0.460 e. The van der Waals surface area contributed by atoms with E-state index in [1.165, 1.54) is 36.7 Å². The molecule has 0 amide bonds. The predicted molar refractivity (Wildman–Crippen MR) is 126 cm³/mol. The Balaban J connectivity index is 1.84. The van der Waals surface area contributed by atoms with Crippen LogP contribution in [0, 0.1) is 0 Å². The van der Waals surface area contributed by atoms with Crippen molar-refractivity contribution in [3.8, 4) is 28.5 Å². The SMILES string of the molecule is FC(F)(F)C(F)(F)C(F)(F)C(F)(F)C(F)(F)C(F)(F)C(F)(F)C(F)(F)CCCOc1cc(-c2ccccn2)nc(-c2ccccn2)c1. The van der Waals surface area contributed by atoms with E-state index in [1.54, 1.807) is 12.1 Å². The summed E-state index contributed by atoms with van der Waals surface area (Å²) >= 11 is 0. The summed E-state index contributed by atoms with van der Waals surface area (Å²) in [5.74, 6) is -56.8. The summed E-state index contributed by atoms with van der Waals surface area (Å²) in [5, 5.41) is 0. The van der Waals surface area contributed by atoms with Crippen molar-refractivity contribution < 1.29 is 79.4 Å². The van der Waals surface area contributed by atoms with Crippen LogP contribution >= 0.6 is 0 Å². The van der Waals surface area contributed by atoms with E-state index in [2.05, 4.69) is 15.0 Å². The Hall–Kier alpha value is -3.94. The topological polar surface area (TPSA) is 47.9 Å². The van der Waals surface area contributed by atoms with Crippen LogP contribution in [0.25, 0.3) is 22.8 Å². The number of aromatic nitrogens is 3. The fourth-order valence-corrected chi connectivity index (χ4v) is 3.72. The molecule has 0 aliphatic rings. The number of hydrogen-bond acceptors (Lipinski definition) is 4. The molecule has 0 aliphatic carbocycles. The summed E-state index contributed by atoms with van der Waals surface area (Å²) in [5.41, 5.74) is 0.604. The van der Waals surface area contributed by atoms with Crippen molar-refractivity contribution in [2.24, 2.45) is 0 Å². The summed E-state index contributed by atoms with van der Waals surface area (Å²) in [7, 11) is 0. The molecular weight excluding hydrogens is 693 g/mol. The van der Waals surface area contributed by atoms with Gasteiger partial charge in [-0.15, -0.1) is 0 Å². The lowest BCUT2D eigenvalue weighted by atomic mass is 9.88. The highest BCUT2D eigenvalue weighted by atomic mass is 19.4. The summed E-state index contributed by atoms with van der Waals surface area (Å²) in [6, 6.07) is 11.4. The average molecular weight is 709 g/mol. The summed E-state index contributed by atoms with van der Waals surface area (Å²) < 4.78 is 234. The fourth-order valence-electron chi connectivity index (χ4n) is 3.72. The Bertz CT molecular complexity index is 1460. The molecule has 0 saturated heterocycles. The second-order valence-corrected chi connectivity index (χ2v) is 9.60. The van der Waals surface area contributed by atoms with E-state index in [1.807, 2.05) is 0 Å². The predicted octanol–water partition coefficient (Wildman–Crippen LogP) is 9.37.